The molecule has 0 aliphatic rings. The normalized spacial score (nSPS) is 12.2. The molecule has 0 saturated carbocycles. The van der Waals surface area contributed by atoms with E-state index in [1.165, 1.54) is 12.1 Å². The number of hydrogen-bond acceptors (Lipinski definition) is 5. The Morgan fingerprint density at radius 3 is 1.91 bits per heavy atom. The maximum absolute atomic E-state index is 11.5. The van der Waals surface area contributed by atoms with Gasteiger partial charge in [-0.1, -0.05) is 31.2 Å². The molecule has 0 aliphatic heterocycles. The summed E-state index contributed by atoms with van der Waals surface area (Å²) in [6.07, 6.45) is -0.473. The molecular formula is C25H30N2O6. The Morgan fingerprint density at radius 2 is 1.45 bits per heavy atom. The van der Waals surface area contributed by atoms with Crippen LogP contribution in [0.1, 0.15) is 78.3 Å². The van der Waals surface area contributed by atoms with Crippen molar-refractivity contribution in [2.75, 3.05) is 6.54 Å². The smallest absolute Gasteiger partial charge is 0.407 e. The molecular weight excluding hydrogens is 424 g/mol. The minimum atomic E-state index is -0.966. The van der Waals surface area contributed by atoms with Crippen LogP contribution in [0.15, 0.2) is 48.5 Å². The van der Waals surface area contributed by atoms with Crippen LogP contribution in [0.25, 0.3) is 0 Å². The predicted molar refractivity (Wildman–Crippen MR) is 123 cm³/mol. The number of ether oxygens (including phenoxy) is 1. The van der Waals surface area contributed by atoms with Gasteiger partial charge in [0.1, 0.15) is 5.60 Å². The van der Waals surface area contributed by atoms with Crippen LogP contribution < -0.4 is 5.32 Å². The molecule has 2 rings (SSSR count). The van der Waals surface area contributed by atoms with Crippen molar-refractivity contribution in [1.29, 1.82) is 5.26 Å². The van der Waals surface area contributed by atoms with E-state index in [2.05, 4.69) is 11.4 Å². The van der Waals surface area contributed by atoms with Crippen molar-refractivity contribution in [2.45, 2.75) is 52.1 Å². The zero-order chi connectivity index (χ0) is 25.2. The highest BCUT2D eigenvalue weighted by atomic mass is 16.6. The van der Waals surface area contributed by atoms with Gasteiger partial charge >= 0.3 is 18.0 Å². The number of nitriles is 1. The molecule has 2 aromatic rings. The molecule has 2 aromatic carbocycles. The average Bonchev–Trinajstić information content (AvgIpc) is 2.76. The summed E-state index contributed by atoms with van der Waals surface area (Å²) in [6.45, 7) is 9.43. The lowest BCUT2D eigenvalue weighted by Gasteiger charge is -2.21. The van der Waals surface area contributed by atoms with E-state index in [0.717, 1.165) is 11.1 Å². The number of carboxylic acids is 2. The van der Waals surface area contributed by atoms with Crippen LogP contribution in [-0.4, -0.2) is 40.4 Å². The molecule has 0 heterocycles. The van der Waals surface area contributed by atoms with E-state index in [0.29, 0.717) is 6.54 Å². The predicted octanol–water partition coefficient (Wildman–Crippen LogP) is 5.02. The third-order valence-electron chi connectivity index (χ3n) is 4.48. The highest BCUT2D eigenvalue weighted by Crippen LogP contribution is 2.17. The summed E-state index contributed by atoms with van der Waals surface area (Å²) in [5.74, 6) is -2.19. The summed E-state index contributed by atoms with van der Waals surface area (Å²) < 4.78 is 5.14. The standard InChI is InChI=1S/C15H21NO4.C10H9NO2/c1-10(9-16-14(19)20-15(2,3)4)11-6-5-7-12(8-11)13(17)18;1-7(6-11)8-3-2-4-9(5-8)10(12)13/h5-8,10H,9H2,1-4H3,(H,16,19)(H,17,18);2-5,7H,1H3,(H,12,13). The van der Waals surface area contributed by atoms with Gasteiger partial charge in [0, 0.05) is 6.54 Å². The molecule has 0 aromatic heterocycles. The maximum Gasteiger partial charge on any atom is 0.407 e. The summed E-state index contributed by atoms with van der Waals surface area (Å²) in [5, 5.41) is 28.9. The van der Waals surface area contributed by atoms with E-state index in [-0.39, 0.29) is 23.0 Å². The molecule has 1 amide bonds. The summed E-state index contributed by atoms with van der Waals surface area (Å²) in [5.41, 5.74) is 1.53. The van der Waals surface area contributed by atoms with Gasteiger partial charge < -0.3 is 20.3 Å². The van der Waals surface area contributed by atoms with Crippen LogP contribution >= 0.6 is 0 Å². The second kappa shape index (κ2) is 12.2. The number of amides is 1. The van der Waals surface area contributed by atoms with E-state index < -0.39 is 23.6 Å². The molecule has 0 radical (unpaired) electrons. The first-order chi connectivity index (χ1) is 15.3. The van der Waals surface area contributed by atoms with E-state index >= 15 is 0 Å². The van der Waals surface area contributed by atoms with E-state index in [1.54, 1.807) is 58.0 Å². The molecule has 2 atom stereocenters. The van der Waals surface area contributed by atoms with Gasteiger partial charge in [0.05, 0.1) is 23.1 Å². The number of alkyl carbamates (subject to hydrolysis) is 1. The molecule has 0 saturated heterocycles. The Balaban J connectivity index is 0.000000361. The van der Waals surface area contributed by atoms with E-state index in [4.69, 9.17) is 20.2 Å². The molecule has 0 aliphatic carbocycles. The molecule has 33 heavy (non-hydrogen) atoms. The SMILES string of the molecule is CC(C#N)c1cccc(C(=O)O)c1.CC(CNC(=O)OC(C)(C)C)c1cccc(C(=O)O)c1. The first kappa shape index (κ1) is 27.2. The van der Waals surface area contributed by atoms with Gasteiger partial charge in [0.15, 0.2) is 0 Å². The number of aromatic carboxylic acids is 2. The van der Waals surface area contributed by atoms with Crippen molar-refractivity contribution in [1.82, 2.24) is 5.32 Å². The number of carbonyl (C=O) groups is 3. The Labute approximate surface area is 193 Å². The van der Waals surface area contributed by atoms with Crippen LogP contribution in [-0.2, 0) is 4.74 Å². The number of benzene rings is 2. The van der Waals surface area contributed by atoms with Crippen molar-refractivity contribution in [3.63, 3.8) is 0 Å². The molecule has 0 bridgehead atoms. The lowest BCUT2D eigenvalue weighted by Crippen LogP contribution is -2.34. The van der Waals surface area contributed by atoms with Crippen molar-refractivity contribution in [3.05, 3.63) is 70.8 Å². The quantitative estimate of drug-likeness (QED) is 0.557. The van der Waals surface area contributed by atoms with Crippen LogP contribution in [0.3, 0.4) is 0 Å². The Bertz CT molecular complexity index is 1020. The Hall–Kier alpha value is -3.86. The summed E-state index contributed by atoms with van der Waals surface area (Å²) in [7, 11) is 0. The Kier molecular flexibility index (Phi) is 10.1. The van der Waals surface area contributed by atoms with Gasteiger partial charge in [-0.05, 0) is 69.0 Å². The molecule has 2 unspecified atom stereocenters. The van der Waals surface area contributed by atoms with Crippen molar-refractivity contribution in [2.24, 2.45) is 0 Å². The van der Waals surface area contributed by atoms with Gasteiger partial charge in [0.2, 0.25) is 0 Å². The monoisotopic (exact) mass is 454 g/mol. The van der Waals surface area contributed by atoms with Crippen molar-refractivity contribution in [3.8, 4) is 6.07 Å². The zero-order valence-corrected chi connectivity index (χ0v) is 19.5. The number of nitrogens with one attached hydrogen (secondary N) is 1. The topological polar surface area (TPSA) is 137 Å². The molecule has 8 nitrogen and oxygen atoms in total. The highest BCUT2D eigenvalue weighted by Gasteiger charge is 2.17. The largest absolute Gasteiger partial charge is 0.478 e. The van der Waals surface area contributed by atoms with Crippen LogP contribution in [0.5, 0.6) is 0 Å². The van der Waals surface area contributed by atoms with Gasteiger partial charge in [0.25, 0.3) is 0 Å². The van der Waals surface area contributed by atoms with Gasteiger partial charge in [-0.2, -0.15) is 5.26 Å². The van der Waals surface area contributed by atoms with Crippen molar-refractivity contribution >= 4 is 18.0 Å². The highest BCUT2D eigenvalue weighted by molar-refractivity contribution is 5.88. The maximum atomic E-state index is 11.5. The fourth-order valence-corrected chi connectivity index (χ4v) is 2.66. The lowest BCUT2D eigenvalue weighted by molar-refractivity contribution is 0.0523. The van der Waals surface area contributed by atoms with Gasteiger partial charge in [-0.3, -0.25) is 0 Å². The summed E-state index contributed by atoms with van der Waals surface area (Å²) in [6, 6.07) is 15.2. The number of nitrogens with zero attached hydrogens (tertiary/aromatic N) is 1. The van der Waals surface area contributed by atoms with Crippen molar-refractivity contribution < 1.29 is 29.3 Å². The van der Waals surface area contributed by atoms with Gasteiger partial charge in [-0.25, -0.2) is 14.4 Å². The lowest BCUT2D eigenvalue weighted by atomic mass is 9.99. The fraction of sp³-hybridized carbons (Fsp3) is 0.360. The second-order valence-corrected chi connectivity index (χ2v) is 8.50. The molecule has 0 spiro atoms. The molecule has 3 N–H and O–H groups in total. The number of carboxylic acid groups (broad SMARTS) is 2. The fourth-order valence-electron chi connectivity index (χ4n) is 2.66. The van der Waals surface area contributed by atoms with E-state index in [9.17, 15) is 14.4 Å². The summed E-state index contributed by atoms with van der Waals surface area (Å²) >= 11 is 0. The molecule has 0 fully saturated rings. The zero-order valence-electron chi connectivity index (χ0n) is 19.5. The Morgan fingerprint density at radius 1 is 0.970 bits per heavy atom. The third kappa shape index (κ3) is 9.87. The first-order valence-corrected chi connectivity index (χ1v) is 10.4. The molecule has 176 valence electrons. The minimum Gasteiger partial charge on any atom is -0.478 e. The van der Waals surface area contributed by atoms with Gasteiger partial charge in [-0.15, -0.1) is 0 Å². The number of hydrogen-bond donors (Lipinski definition) is 3. The number of carbonyl (C=O) groups excluding carboxylic acids is 1. The van der Waals surface area contributed by atoms with E-state index in [1.807, 2.05) is 13.0 Å². The van der Waals surface area contributed by atoms with Crippen LogP contribution in [0, 0.1) is 11.3 Å². The second-order valence-electron chi connectivity index (χ2n) is 8.50. The third-order valence-corrected chi connectivity index (χ3v) is 4.48. The van der Waals surface area contributed by atoms with Crippen LogP contribution in [0.4, 0.5) is 4.79 Å². The summed E-state index contributed by atoms with van der Waals surface area (Å²) in [4.78, 5) is 33.0. The molecule has 8 heteroatoms. The average molecular weight is 455 g/mol. The first-order valence-electron chi connectivity index (χ1n) is 10.4. The van der Waals surface area contributed by atoms with Crippen LogP contribution in [0.2, 0.25) is 0 Å². The number of rotatable bonds is 6. The minimum absolute atomic E-state index is 0.00168.